The van der Waals surface area contributed by atoms with E-state index in [2.05, 4.69) is 22.8 Å². The molecule has 1 N–H and O–H groups in total. The van der Waals surface area contributed by atoms with E-state index in [0.717, 1.165) is 12.8 Å². The van der Waals surface area contributed by atoms with Gasteiger partial charge in [-0.25, -0.2) is 8.42 Å². The number of hydrogen-bond donors (Lipinski definition) is 1. The van der Waals surface area contributed by atoms with Gasteiger partial charge >= 0.3 is 0 Å². The lowest BCUT2D eigenvalue weighted by molar-refractivity contribution is 0.477. The van der Waals surface area contributed by atoms with Gasteiger partial charge in [0.2, 0.25) is 0 Å². The largest absolute Gasteiger partial charge is 0.308 e. The van der Waals surface area contributed by atoms with Crippen LogP contribution in [0.2, 0.25) is 0 Å². The maximum Gasteiger partial charge on any atom is 0.154 e. The van der Waals surface area contributed by atoms with Gasteiger partial charge in [-0.15, -0.1) is 11.3 Å². The van der Waals surface area contributed by atoms with Gasteiger partial charge in [-0.05, 0) is 43.0 Å². The van der Waals surface area contributed by atoms with E-state index < -0.39 is 9.84 Å². The van der Waals surface area contributed by atoms with E-state index in [1.807, 2.05) is 0 Å². The zero-order chi connectivity index (χ0) is 12.6. The summed E-state index contributed by atoms with van der Waals surface area (Å²) in [6.07, 6.45) is 4.21. The van der Waals surface area contributed by atoms with Crippen molar-refractivity contribution in [2.24, 2.45) is 5.92 Å². The summed E-state index contributed by atoms with van der Waals surface area (Å²) in [5, 5.41) is 5.45. The minimum absolute atomic E-state index is 0.154. The molecule has 1 aromatic rings. The van der Waals surface area contributed by atoms with Crippen LogP contribution in [-0.2, 0) is 9.84 Å². The second-order valence-corrected chi connectivity index (χ2v) is 8.75. The second-order valence-electron chi connectivity index (χ2n) is 5.37. The van der Waals surface area contributed by atoms with Crippen molar-refractivity contribution in [3.8, 4) is 0 Å². The van der Waals surface area contributed by atoms with Crippen molar-refractivity contribution in [3.05, 3.63) is 22.4 Å². The van der Waals surface area contributed by atoms with Gasteiger partial charge in [0, 0.05) is 17.5 Å². The lowest BCUT2D eigenvalue weighted by Gasteiger charge is -2.19. The molecule has 0 bridgehead atoms. The molecule has 18 heavy (non-hydrogen) atoms. The Hall–Kier alpha value is -0.390. The summed E-state index contributed by atoms with van der Waals surface area (Å²) in [5.74, 6) is 1.10. The fourth-order valence-corrected chi connectivity index (χ4v) is 5.42. The molecule has 1 saturated heterocycles. The molecule has 5 heteroatoms. The van der Waals surface area contributed by atoms with Gasteiger partial charge in [-0.1, -0.05) is 6.07 Å². The Bertz CT molecular complexity index is 491. The van der Waals surface area contributed by atoms with Crippen LogP contribution in [0.25, 0.3) is 0 Å². The van der Waals surface area contributed by atoms with E-state index >= 15 is 0 Å². The van der Waals surface area contributed by atoms with Crippen LogP contribution in [0.3, 0.4) is 0 Å². The number of thiophene rings is 1. The molecule has 2 fully saturated rings. The highest BCUT2D eigenvalue weighted by Crippen LogP contribution is 2.42. The lowest BCUT2D eigenvalue weighted by atomic mass is 10.1. The van der Waals surface area contributed by atoms with E-state index in [9.17, 15) is 8.42 Å². The molecule has 0 spiro atoms. The molecule has 3 nitrogen and oxygen atoms in total. The monoisotopic (exact) mass is 285 g/mol. The van der Waals surface area contributed by atoms with Crippen LogP contribution in [0.5, 0.6) is 0 Å². The van der Waals surface area contributed by atoms with E-state index in [1.54, 1.807) is 11.3 Å². The molecule has 2 atom stereocenters. The summed E-state index contributed by atoms with van der Waals surface area (Å²) in [4.78, 5) is 1.35. The zero-order valence-corrected chi connectivity index (χ0v) is 12.0. The van der Waals surface area contributed by atoms with Crippen LogP contribution in [0.15, 0.2) is 17.5 Å². The first-order chi connectivity index (χ1) is 8.67. The molecule has 0 radical (unpaired) electrons. The molecule has 1 aromatic heterocycles. The van der Waals surface area contributed by atoms with Gasteiger partial charge < -0.3 is 5.32 Å². The van der Waals surface area contributed by atoms with Gasteiger partial charge in [0.1, 0.15) is 0 Å². The predicted octanol–water partition coefficient (Wildman–Crippen LogP) is 2.37. The number of nitrogens with one attached hydrogen (secondary N) is 1. The third kappa shape index (κ3) is 2.63. The number of sulfone groups is 1. The van der Waals surface area contributed by atoms with Crippen LogP contribution >= 0.6 is 11.3 Å². The van der Waals surface area contributed by atoms with Crippen LogP contribution < -0.4 is 5.32 Å². The van der Waals surface area contributed by atoms with Crippen molar-refractivity contribution in [1.82, 2.24) is 5.32 Å². The Morgan fingerprint density at radius 3 is 2.78 bits per heavy atom. The Balaban J connectivity index is 1.64. The standard InChI is InChI=1S/C13H19NO2S2/c15-18(16)8-2-3-11(18)9-14-13(10-5-6-10)12-4-1-7-17-12/h1,4,7,10-11,13-14H,2-3,5-6,8-9H2. The van der Waals surface area contributed by atoms with Crippen LogP contribution in [0, 0.1) is 5.92 Å². The summed E-state index contributed by atoms with van der Waals surface area (Å²) >= 11 is 1.77. The highest BCUT2D eigenvalue weighted by Gasteiger charge is 2.36. The van der Waals surface area contributed by atoms with Crippen molar-refractivity contribution in [2.75, 3.05) is 12.3 Å². The topological polar surface area (TPSA) is 46.2 Å². The Kier molecular flexibility index (Phi) is 3.47. The first kappa shape index (κ1) is 12.6. The van der Waals surface area contributed by atoms with Crippen molar-refractivity contribution >= 4 is 21.2 Å². The summed E-state index contributed by atoms with van der Waals surface area (Å²) in [6, 6.07) is 4.61. The van der Waals surface area contributed by atoms with E-state index in [0.29, 0.717) is 24.3 Å². The highest BCUT2D eigenvalue weighted by atomic mass is 32.2. The number of hydrogen-bond acceptors (Lipinski definition) is 4. The minimum Gasteiger partial charge on any atom is -0.308 e. The van der Waals surface area contributed by atoms with Gasteiger partial charge in [0.05, 0.1) is 11.0 Å². The highest BCUT2D eigenvalue weighted by molar-refractivity contribution is 7.92. The molecule has 1 aliphatic heterocycles. The molecular formula is C13H19NO2S2. The fraction of sp³-hybridized carbons (Fsp3) is 0.692. The van der Waals surface area contributed by atoms with Crippen LogP contribution in [0.4, 0.5) is 0 Å². The Labute approximate surface area is 113 Å². The Morgan fingerprint density at radius 1 is 1.39 bits per heavy atom. The molecule has 3 rings (SSSR count). The van der Waals surface area contributed by atoms with E-state index in [1.165, 1.54) is 17.7 Å². The molecular weight excluding hydrogens is 266 g/mol. The molecule has 2 unspecified atom stereocenters. The lowest BCUT2D eigenvalue weighted by Crippen LogP contribution is -2.33. The normalized spacial score (nSPS) is 28.3. The molecule has 100 valence electrons. The van der Waals surface area contributed by atoms with Gasteiger partial charge in [-0.2, -0.15) is 0 Å². The van der Waals surface area contributed by atoms with Crippen molar-refractivity contribution in [1.29, 1.82) is 0 Å². The molecule has 0 amide bonds. The van der Waals surface area contributed by atoms with Gasteiger partial charge in [0.15, 0.2) is 9.84 Å². The Morgan fingerprint density at radius 2 is 2.22 bits per heavy atom. The minimum atomic E-state index is -2.82. The first-order valence-electron chi connectivity index (χ1n) is 6.65. The third-order valence-corrected chi connectivity index (χ3v) is 7.20. The quantitative estimate of drug-likeness (QED) is 0.903. The molecule has 0 aromatic carbocycles. The number of rotatable bonds is 5. The fourth-order valence-electron chi connectivity index (χ4n) is 2.74. The summed E-state index contributed by atoms with van der Waals surface area (Å²) in [7, 11) is -2.82. The third-order valence-electron chi connectivity index (χ3n) is 3.97. The van der Waals surface area contributed by atoms with E-state index in [4.69, 9.17) is 0 Å². The summed E-state index contributed by atoms with van der Waals surface area (Å²) in [5.41, 5.74) is 0. The molecule has 2 heterocycles. The second kappa shape index (κ2) is 4.94. The molecule has 2 aliphatic rings. The van der Waals surface area contributed by atoms with Crippen LogP contribution in [0.1, 0.15) is 36.6 Å². The smallest absolute Gasteiger partial charge is 0.154 e. The average Bonchev–Trinajstić information content (AvgIpc) is 2.89. The maximum atomic E-state index is 11.8. The first-order valence-corrected chi connectivity index (χ1v) is 9.25. The molecule has 1 aliphatic carbocycles. The SMILES string of the molecule is O=S1(=O)CCCC1CNC(c1cccs1)C1CC1. The van der Waals surface area contributed by atoms with E-state index in [-0.39, 0.29) is 5.25 Å². The summed E-state index contributed by atoms with van der Waals surface area (Å²) in [6.45, 7) is 0.626. The summed E-state index contributed by atoms with van der Waals surface area (Å²) < 4.78 is 23.6. The van der Waals surface area contributed by atoms with Gasteiger partial charge in [0.25, 0.3) is 0 Å². The predicted molar refractivity (Wildman–Crippen MR) is 74.6 cm³/mol. The van der Waals surface area contributed by atoms with Crippen molar-refractivity contribution < 1.29 is 8.42 Å². The average molecular weight is 285 g/mol. The zero-order valence-electron chi connectivity index (χ0n) is 10.3. The molecule has 1 saturated carbocycles. The van der Waals surface area contributed by atoms with Gasteiger partial charge in [-0.3, -0.25) is 0 Å². The maximum absolute atomic E-state index is 11.8. The van der Waals surface area contributed by atoms with Crippen molar-refractivity contribution in [2.45, 2.75) is 37.0 Å². The van der Waals surface area contributed by atoms with Crippen LogP contribution in [-0.4, -0.2) is 26.0 Å². The van der Waals surface area contributed by atoms with Crippen molar-refractivity contribution in [3.63, 3.8) is 0 Å².